The first-order valence-electron chi connectivity index (χ1n) is 5.21. The predicted molar refractivity (Wildman–Crippen MR) is 68.4 cm³/mol. The van der Waals surface area contributed by atoms with Gasteiger partial charge in [-0.2, -0.15) is 0 Å². The highest BCUT2D eigenvalue weighted by atomic mass is 32.2. The maximum absolute atomic E-state index is 13.2. The summed E-state index contributed by atoms with van der Waals surface area (Å²) in [6.45, 7) is 0.357. The molecule has 0 heterocycles. The maximum Gasteiger partial charge on any atom is 0.209 e. The number of methoxy groups -OCH3 is 1. The SMILES string of the molecule is COc1cc(NCCCS(N)(=O)=O)c(N)cc1F. The molecule has 1 aromatic carbocycles. The van der Waals surface area contributed by atoms with Gasteiger partial charge in [0, 0.05) is 18.7 Å². The van der Waals surface area contributed by atoms with Gasteiger partial charge >= 0.3 is 0 Å². The Bertz CT molecular complexity index is 519. The zero-order valence-electron chi connectivity index (χ0n) is 9.94. The second-order valence-electron chi connectivity index (χ2n) is 3.72. The van der Waals surface area contributed by atoms with Gasteiger partial charge < -0.3 is 15.8 Å². The van der Waals surface area contributed by atoms with E-state index in [0.29, 0.717) is 18.7 Å². The number of anilines is 2. The van der Waals surface area contributed by atoms with E-state index in [0.717, 1.165) is 6.07 Å². The van der Waals surface area contributed by atoms with Crippen LogP contribution in [-0.2, 0) is 10.0 Å². The second-order valence-corrected chi connectivity index (χ2v) is 5.46. The van der Waals surface area contributed by atoms with Gasteiger partial charge in [-0.15, -0.1) is 0 Å². The zero-order chi connectivity index (χ0) is 13.8. The summed E-state index contributed by atoms with van der Waals surface area (Å²) in [6.07, 6.45) is 0.331. The van der Waals surface area contributed by atoms with Crippen LogP contribution in [0, 0.1) is 5.82 Å². The van der Waals surface area contributed by atoms with Crippen LogP contribution in [0.1, 0.15) is 6.42 Å². The Labute approximate surface area is 105 Å². The summed E-state index contributed by atoms with van der Waals surface area (Å²) in [7, 11) is -2.12. The van der Waals surface area contributed by atoms with Crippen molar-refractivity contribution in [1.82, 2.24) is 0 Å². The standard InChI is InChI=1S/C10H16FN3O3S/c1-17-10-6-9(8(12)5-7(10)11)14-3-2-4-18(13,15)16/h5-6,14H,2-4,12H2,1H3,(H2,13,15,16). The largest absolute Gasteiger partial charge is 0.494 e. The fourth-order valence-corrected chi connectivity index (χ4v) is 1.92. The lowest BCUT2D eigenvalue weighted by molar-refractivity contribution is 0.387. The number of nitrogens with one attached hydrogen (secondary N) is 1. The molecule has 0 unspecified atom stereocenters. The molecule has 8 heteroatoms. The van der Waals surface area contributed by atoms with E-state index in [2.05, 4.69) is 5.32 Å². The number of benzene rings is 1. The topological polar surface area (TPSA) is 107 Å². The predicted octanol–water partition coefficient (Wildman–Crippen LogP) is 0.507. The van der Waals surface area contributed by atoms with Crippen LogP contribution in [0.15, 0.2) is 12.1 Å². The third kappa shape index (κ3) is 4.38. The highest BCUT2D eigenvalue weighted by Gasteiger charge is 2.08. The van der Waals surface area contributed by atoms with Crippen LogP contribution in [0.2, 0.25) is 0 Å². The highest BCUT2D eigenvalue weighted by molar-refractivity contribution is 7.89. The lowest BCUT2D eigenvalue weighted by Gasteiger charge is -2.11. The molecule has 0 saturated heterocycles. The number of rotatable bonds is 6. The molecule has 6 nitrogen and oxygen atoms in total. The van der Waals surface area contributed by atoms with E-state index in [9.17, 15) is 12.8 Å². The summed E-state index contributed by atoms with van der Waals surface area (Å²) in [4.78, 5) is 0. The van der Waals surface area contributed by atoms with Gasteiger partial charge in [0.1, 0.15) is 0 Å². The monoisotopic (exact) mass is 277 g/mol. The van der Waals surface area contributed by atoms with Gasteiger partial charge in [0.2, 0.25) is 10.0 Å². The molecule has 0 fully saturated rings. The first-order valence-corrected chi connectivity index (χ1v) is 6.92. The number of primary sulfonamides is 1. The van der Waals surface area contributed by atoms with Gasteiger partial charge in [0.25, 0.3) is 0 Å². The normalized spacial score (nSPS) is 11.3. The first-order chi connectivity index (χ1) is 8.33. The van der Waals surface area contributed by atoms with E-state index in [1.807, 2.05) is 0 Å². The quantitative estimate of drug-likeness (QED) is 0.518. The van der Waals surface area contributed by atoms with Crippen molar-refractivity contribution in [2.75, 3.05) is 30.5 Å². The van der Waals surface area contributed by atoms with E-state index < -0.39 is 15.8 Å². The minimum Gasteiger partial charge on any atom is -0.494 e. The summed E-state index contributed by atoms with van der Waals surface area (Å²) in [5, 5.41) is 7.76. The lowest BCUT2D eigenvalue weighted by atomic mass is 10.2. The molecule has 0 spiro atoms. The molecule has 102 valence electrons. The average Bonchev–Trinajstić information content (AvgIpc) is 2.25. The van der Waals surface area contributed by atoms with Crippen molar-refractivity contribution in [3.8, 4) is 5.75 Å². The van der Waals surface area contributed by atoms with E-state index >= 15 is 0 Å². The second kappa shape index (κ2) is 5.87. The van der Waals surface area contributed by atoms with Crippen LogP contribution in [-0.4, -0.2) is 27.8 Å². The molecule has 0 saturated carbocycles. The van der Waals surface area contributed by atoms with E-state index in [4.69, 9.17) is 15.6 Å². The molecule has 0 aliphatic carbocycles. The molecule has 1 aromatic rings. The number of nitrogens with two attached hydrogens (primary N) is 2. The number of sulfonamides is 1. The summed E-state index contributed by atoms with van der Waals surface area (Å²) in [5.74, 6) is -0.610. The van der Waals surface area contributed by atoms with Crippen LogP contribution in [0.4, 0.5) is 15.8 Å². The van der Waals surface area contributed by atoms with Gasteiger partial charge in [0.05, 0.1) is 24.2 Å². The van der Waals surface area contributed by atoms with Crippen LogP contribution >= 0.6 is 0 Å². The van der Waals surface area contributed by atoms with Crippen molar-refractivity contribution in [2.45, 2.75) is 6.42 Å². The van der Waals surface area contributed by atoms with E-state index in [1.165, 1.54) is 13.2 Å². The van der Waals surface area contributed by atoms with Crippen LogP contribution < -0.4 is 20.9 Å². The van der Waals surface area contributed by atoms with Crippen molar-refractivity contribution in [2.24, 2.45) is 5.14 Å². The van der Waals surface area contributed by atoms with Gasteiger partial charge in [-0.25, -0.2) is 17.9 Å². The molecule has 0 bridgehead atoms. The zero-order valence-corrected chi connectivity index (χ0v) is 10.8. The summed E-state index contributed by atoms with van der Waals surface area (Å²) in [5.41, 5.74) is 6.33. The van der Waals surface area contributed by atoms with Gasteiger partial charge in [-0.05, 0) is 6.42 Å². The molecule has 18 heavy (non-hydrogen) atoms. The maximum atomic E-state index is 13.2. The highest BCUT2D eigenvalue weighted by Crippen LogP contribution is 2.27. The fourth-order valence-electron chi connectivity index (χ4n) is 1.37. The summed E-state index contributed by atoms with van der Waals surface area (Å²) < 4.78 is 39.5. The Balaban J connectivity index is 2.62. The minimum absolute atomic E-state index is 0.0677. The number of nitrogen functional groups attached to an aromatic ring is 1. The Morgan fingerprint density at radius 2 is 2.11 bits per heavy atom. The Morgan fingerprint density at radius 1 is 1.44 bits per heavy atom. The Hall–Kier alpha value is -1.54. The smallest absolute Gasteiger partial charge is 0.209 e. The molecule has 0 aliphatic heterocycles. The third-order valence-electron chi connectivity index (χ3n) is 2.25. The summed E-state index contributed by atoms with van der Waals surface area (Å²) >= 11 is 0. The van der Waals surface area contributed by atoms with Gasteiger partial charge in [0.15, 0.2) is 11.6 Å². The van der Waals surface area contributed by atoms with Crippen molar-refractivity contribution < 1.29 is 17.5 Å². The number of hydrogen-bond donors (Lipinski definition) is 3. The lowest BCUT2D eigenvalue weighted by Crippen LogP contribution is -2.18. The molecule has 1 rings (SSSR count). The number of hydrogen-bond acceptors (Lipinski definition) is 5. The summed E-state index contributed by atoms with van der Waals surface area (Å²) in [6, 6.07) is 2.56. The molecular weight excluding hydrogens is 261 g/mol. The molecule has 5 N–H and O–H groups in total. The number of halogens is 1. The van der Waals surface area contributed by atoms with E-state index in [1.54, 1.807) is 0 Å². The van der Waals surface area contributed by atoms with Crippen molar-refractivity contribution in [3.63, 3.8) is 0 Å². The third-order valence-corrected chi connectivity index (χ3v) is 3.10. The van der Waals surface area contributed by atoms with Gasteiger partial charge in [-0.3, -0.25) is 0 Å². The average molecular weight is 277 g/mol. The molecule has 0 atom stereocenters. The van der Waals surface area contributed by atoms with Crippen molar-refractivity contribution >= 4 is 21.4 Å². The first kappa shape index (κ1) is 14.5. The number of ether oxygens (including phenoxy) is 1. The Morgan fingerprint density at radius 3 is 2.67 bits per heavy atom. The van der Waals surface area contributed by atoms with Gasteiger partial charge in [-0.1, -0.05) is 0 Å². The molecule has 0 radical (unpaired) electrons. The Kier molecular flexibility index (Phi) is 4.74. The molecule has 0 aliphatic rings. The fraction of sp³-hybridized carbons (Fsp3) is 0.400. The molecule has 0 amide bonds. The molecule has 0 aromatic heterocycles. The molecular formula is C10H16FN3O3S. The van der Waals surface area contributed by atoms with Crippen LogP contribution in [0.3, 0.4) is 0 Å². The van der Waals surface area contributed by atoms with Crippen molar-refractivity contribution in [1.29, 1.82) is 0 Å². The minimum atomic E-state index is -3.46. The van der Waals surface area contributed by atoms with Crippen LogP contribution in [0.25, 0.3) is 0 Å². The van der Waals surface area contributed by atoms with Crippen molar-refractivity contribution in [3.05, 3.63) is 17.9 Å². The van der Waals surface area contributed by atoms with Crippen LogP contribution in [0.5, 0.6) is 5.75 Å². The van der Waals surface area contributed by atoms with E-state index in [-0.39, 0.29) is 17.2 Å².